The summed E-state index contributed by atoms with van der Waals surface area (Å²) in [6.45, 7) is 1.25. The fraction of sp³-hybridized carbons (Fsp3) is 0.200. The number of para-hydroxylation sites is 1. The molecule has 8 nitrogen and oxygen atoms in total. The minimum atomic E-state index is -0.466. The number of carbonyl (C=O) groups is 2. The molecular formula is C20H19N5O3S2. The van der Waals surface area contributed by atoms with Gasteiger partial charge in [-0.05, 0) is 12.1 Å². The van der Waals surface area contributed by atoms with Gasteiger partial charge in [-0.15, -0.1) is 22.7 Å². The van der Waals surface area contributed by atoms with Gasteiger partial charge in [0.2, 0.25) is 5.91 Å². The van der Waals surface area contributed by atoms with Crippen LogP contribution < -0.4 is 11.1 Å². The van der Waals surface area contributed by atoms with Crippen molar-refractivity contribution < 1.29 is 14.3 Å². The Morgan fingerprint density at radius 2 is 2.03 bits per heavy atom. The van der Waals surface area contributed by atoms with Gasteiger partial charge in [-0.1, -0.05) is 18.2 Å². The number of nitrogens with zero attached hydrogens (tertiary/aromatic N) is 3. The van der Waals surface area contributed by atoms with E-state index in [2.05, 4.69) is 38.1 Å². The lowest BCUT2D eigenvalue weighted by molar-refractivity contribution is -0.117. The van der Waals surface area contributed by atoms with E-state index >= 15 is 0 Å². The molecule has 0 saturated heterocycles. The molecule has 0 spiro atoms. The third kappa shape index (κ3) is 4.25. The molecule has 4 aromatic rings. The number of hydrogen-bond donors (Lipinski definition) is 2. The van der Waals surface area contributed by atoms with Crippen molar-refractivity contribution in [3.8, 4) is 10.7 Å². The molecule has 0 aliphatic rings. The Balaban J connectivity index is 1.57. The summed E-state index contributed by atoms with van der Waals surface area (Å²) in [5, 5.41) is 8.40. The maximum atomic E-state index is 12.6. The van der Waals surface area contributed by atoms with Gasteiger partial charge in [-0.3, -0.25) is 14.9 Å². The molecule has 30 heavy (non-hydrogen) atoms. The number of hydrogen-bond acceptors (Lipinski definition) is 7. The molecule has 0 aliphatic heterocycles. The predicted octanol–water partition coefficient (Wildman–Crippen LogP) is 3.15. The maximum absolute atomic E-state index is 12.6. The van der Waals surface area contributed by atoms with Gasteiger partial charge in [0.1, 0.15) is 10.7 Å². The Labute approximate surface area is 180 Å². The SMILES string of the molecule is COCCn1c(-c2nc(C(=O)Nc3nc(CC(N)=O)cs3)cs2)cc2ccccc21. The third-order valence-corrected chi connectivity index (χ3v) is 6.08. The van der Waals surface area contributed by atoms with Crippen molar-refractivity contribution in [2.24, 2.45) is 5.73 Å². The van der Waals surface area contributed by atoms with Crippen LogP contribution in [-0.4, -0.2) is 40.1 Å². The van der Waals surface area contributed by atoms with Gasteiger partial charge in [-0.25, -0.2) is 9.97 Å². The summed E-state index contributed by atoms with van der Waals surface area (Å²) in [7, 11) is 1.67. The van der Waals surface area contributed by atoms with E-state index < -0.39 is 5.91 Å². The van der Waals surface area contributed by atoms with Gasteiger partial charge in [0, 0.05) is 35.3 Å². The molecule has 2 amide bonds. The van der Waals surface area contributed by atoms with Crippen molar-refractivity contribution in [3.63, 3.8) is 0 Å². The number of aromatic nitrogens is 3. The Hall–Kier alpha value is -3.08. The zero-order chi connectivity index (χ0) is 21.1. The number of carbonyl (C=O) groups excluding carboxylic acids is 2. The van der Waals surface area contributed by atoms with E-state index in [-0.39, 0.29) is 12.3 Å². The summed E-state index contributed by atoms with van der Waals surface area (Å²) >= 11 is 2.65. The number of benzene rings is 1. The van der Waals surface area contributed by atoms with Crippen LogP contribution in [0.1, 0.15) is 16.2 Å². The zero-order valence-electron chi connectivity index (χ0n) is 16.1. The molecule has 0 radical (unpaired) electrons. The highest BCUT2D eigenvalue weighted by atomic mass is 32.1. The number of ether oxygens (including phenoxy) is 1. The third-order valence-electron chi connectivity index (χ3n) is 4.41. The number of anilines is 1. The van der Waals surface area contributed by atoms with Crippen molar-refractivity contribution in [2.45, 2.75) is 13.0 Å². The Kier molecular flexibility index (Phi) is 5.88. The molecule has 0 atom stereocenters. The van der Waals surface area contributed by atoms with Crippen molar-refractivity contribution in [1.82, 2.24) is 14.5 Å². The van der Waals surface area contributed by atoms with Crippen LogP contribution in [0.3, 0.4) is 0 Å². The molecule has 0 bridgehead atoms. The number of nitrogens with two attached hydrogens (primary N) is 1. The number of amides is 2. The molecule has 154 valence electrons. The molecular weight excluding hydrogens is 422 g/mol. The number of primary amides is 1. The van der Waals surface area contributed by atoms with Gasteiger partial charge in [0.25, 0.3) is 5.91 Å². The monoisotopic (exact) mass is 441 g/mol. The van der Waals surface area contributed by atoms with Crippen molar-refractivity contribution in [2.75, 3.05) is 19.0 Å². The van der Waals surface area contributed by atoms with Crippen LogP contribution in [0.5, 0.6) is 0 Å². The first-order chi connectivity index (χ1) is 14.5. The highest BCUT2D eigenvalue weighted by molar-refractivity contribution is 7.14. The summed E-state index contributed by atoms with van der Waals surface area (Å²) < 4.78 is 7.40. The van der Waals surface area contributed by atoms with E-state index in [1.165, 1.54) is 22.7 Å². The van der Waals surface area contributed by atoms with Crippen molar-refractivity contribution >= 4 is 50.5 Å². The second-order valence-electron chi connectivity index (χ2n) is 6.51. The summed E-state index contributed by atoms with van der Waals surface area (Å²) in [6.07, 6.45) is 0.0409. The standard InChI is InChI=1S/C20H19N5O3S2/c1-28-7-6-25-15-5-3-2-4-12(15)8-16(25)19-23-14(11-29-19)18(27)24-20-22-13(10-30-20)9-17(21)26/h2-5,8,10-11H,6-7,9H2,1H3,(H2,21,26)(H,22,24,27). The van der Waals surface area contributed by atoms with Crippen molar-refractivity contribution in [3.05, 3.63) is 52.5 Å². The van der Waals surface area contributed by atoms with Gasteiger partial charge < -0.3 is 15.0 Å². The van der Waals surface area contributed by atoms with E-state index in [9.17, 15) is 9.59 Å². The van der Waals surface area contributed by atoms with Gasteiger partial charge in [0.15, 0.2) is 5.13 Å². The number of nitrogens with one attached hydrogen (secondary N) is 1. The number of methoxy groups -OCH3 is 1. The molecule has 3 heterocycles. The second-order valence-corrected chi connectivity index (χ2v) is 8.23. The van der Waals surface area contributed by atoms with E-state index in [0.717, 1.165) is 21.6 Å². The molecule has 1 aromatic carbocycles. The molecule has 0 aliphatic carbocycles. The van der Waals surface area contributed by atoms with E-state index in [1.54, 1.807) is 17.9 Å². The quantitative estimate of drug-likeness (QED) is 0.436. The van der Waals surface area contributed by atoms with Crippen molar-refractivity contribution in [1.29, 1.82) is 0 Å². The fourth-order valence-corrected chi connectivity index (χ4v) is 4.62. The first-order valence-corrected chi connectivity index (χ1v) is 10.9. The maximum Gasteiger partial charge on any atom is 0.276 e. The second kappa shape index (κ2) is 8.74. The fourth-order valence-electron chi connectivity index (χ4n) is 3.09. The Morgan fingerprint density at radius 1 is 1.20 bits per heavy atom. The average Bonchev–Trinajstić information content (AvgIpc) is 3.44. The van der Waals surface area contributed by atoms with E-state index in [4.69, 9.17) is 10.5 Å². The van der Waals surface area contributed by atoms with Crippen LogP contribution in [-0.2, 0) is 22.5 Å². The first kappa shape index (κ1) is 20.2. The molecule has 0 fully saturated rings. The summed E-state index contributed by atoms with van der Waals surface area (Å²) in [5.41, 5.74) is 8.05. The lowest BCUT2D eigenvalue weighted by Gasteiger charge is -2.08. The number of rotatable bonds is 8. The summed E-state index contributed by atoms with van der Waals surface area (Å²) in [4.78, 5) is 32.3. The van der Waals surface area contributed by atoms with Crippen LogP contribution in [0, 0.1) is 0 Å². The predicted molar refractivity (Wildman–Crippen MR) is 118 cm³/mol. The molecule has 3 N–H and O–H groups in total. The van der Waals surface area contributed by atoms with E-state index in [0.29, 0.717) is 29.7 Å². The van der Waals surface area contributed by atoms with Gasteiger partial charge in [-0.2, -0.15) is 0 Å². The molecule has 10 heteroatoms. The van der Waals surface area contributed by atoms with Crippen LogP contribution in [0.2, 0.25) is 0 Å². The Bertz CT molecular complexity index is 1210. The highest BCUT2D eigenvalue weighted by Gasteiger charge is 2.17. The molecule has 0 saturated carbocycles. The van der Waals surface area contributed by atoms with Gasteiger partial charge in [0.05, 0.1) is 24.4 Å². The highest BCUT2D eigenvalue weighted by Crippen LogP contribution is 2.31. The molecule has 0 unspecified atom stereocenters. The lowest BCUT2D eigenvalue weighted by Crippen LogP contribution is -2.14. The zero-order valence-corrected chi connectivity index (χ0v) is 17.8. The first-order valence-electron chi connectivity index (χ1n) is 9.12. The molecule has 3 aromatic heterocycles. The summed E-state index contributed by atoms with van der Waals surface area (Å²) in [5.74, 6) is -0.816. The minimum Gasteiger partial charge on any atom is -0.383 e. The number of thiazole rings is 2. The lowest BCUT2D eigenvalue weighted by atomic mass is 10.2. The minimum absolute atomic E-state index is 0.0409. The van der Waals surface area contributed by atoms with Crippen LogP contribution in [0.4, 0.5) is 5.13 Å². The van der Waals surface area contributed by atoms with Crippen LogP contribution in [0.15, 0.2) is 41.1 Å². The largest absolute Gasteiger partial charge is 0.383 e. The van der Waals surface area contributed by atoms with Crippen LogP contribution >= 0.6 is 22.7 Å². The normalized spacial score (nSPS) is 11.1. The average molecular weight is 442 g/mol. The van der Waals surface area contributed by atoms with Crippen LogP contribution in [0.25, 0.3) is 21.6 Å². The van der Waals surface area contributed by atoms with E-state index in [1.807, 2.05) is 12.1 Å². The topological polar surface area (TPSA) is 112 Å². The molecule has 4 rings (SSSR count). The van der Waals surface area contributed by atoms with Gasteiger partial charge >= 0.3 is 0 Å². The summed E-state index contributed by atoms with van der Waals surface area (Å²) in [6, 6.07) is 10.2. The number of fused-ring (bicyclic) bond motifs is 1. The smallest absolute Gasteiger partial charge is 0.276 e. The Morgan fingerprint density at radius 3 is 2.83 bits per heavy atom.